The topological polar surface area (TPSA) is 55.2 Å². The fraction of sp³-hybridized carbons (Fsp3) is 0.308. The number of hydrogen-bond acceptors (Lipinski definition) is 3. The molecule has 0 amide bonds. The first kappa shape index (κ1) is 15.0. The number of sulfonamides is 1. The molecule has 20 heavy (non-hydrogen) atoms. The summed E-state index contributed by atoms with van der Waals surface area (Å²) in [6, 6.07) is 9.43. The summed E-state index contributed by atoms with van der Waals surface area (Å²) in [4.78, 5) is 0.182. The third-order valence-electron chi connectivity index (χ3n) is 2.85. The lowest BCUT2D eigenvalue weighted by Crippen LogP contribution is -2.32. The average molecular weight is 314 g/mol. The Morgan fingerprint density at radius 2 is 2.00 bits per heavy atom. The molecule has 1 aromatic carbocycles. The van der Waals surface area contributed by atoms with Gasteiger partial charge in [-0.25, -0.2) is 8.42 Å². The Bertz CT molecular complexity index is 655. The van der Waals surface area contributed by atoms with Crippen LogP contribution < -0.4 is 0 Å². The van der Waals surface area contributed by atoms with Crippen molar-refractivity contribution in [2.75, 3.05) is 12.4 Å². The molecule has 0 aliphatic heterocycles. The highest BCUT2D eigenvalue weighted by molar-refractivity contribution is 7.89. The monoisotopic (exact) mass is 313 g/mol. The molecule has 0 unspecified atom stereocenters. The fourth-order valence-corrected chi connectivity index (χ4v) is 3.57. The second-order valence-electron chi connectivity index (χ2n) is 4.36. The molecule has 0 atom stereocenters. The van der Waals surface area contributed by atoms with Gasteiger partial charge in [-0.3, -0.25) is 4.68 Å². The highest BCUT2D eigenvalue weighted by atomic mass is 35.5. The number of alkyl halides is 1. The van der Waals surface area contributed by atoms with Gasteiger partial charge in [0.15, 0.2) is 0 Å². The van der Waals surface area contributed by atoms with E-state index in [2.05, 4.69) is 5.10 Å². The number of benzene rings is 1. The molecule has 0 N–H and O–H groups in total. The van der Waals surface area contributed by atoms with Crippen molar-refractivity contribution in [1.29, 1.82) is 0 Å². The molecule has 108 valence electrons. The van der Waals surface area contributed by atoms with Crippen molar-refractivity contribution in [3.8, 4) is 0 Å². The molecule has 0 saturated carbocycles. The number of aryl methyl sites for hydroxylation is 1. The highest BCUT2D eigenvalue weighted by Crippen LogP contribution is 2.17. The lowest BCUT2D eigenvalue weighted by atomic mass is 10.2. The van der Waals surface area contributed by atoms with Gasteiger partial charge in [-0.05, 0) is 5.56 Å². The maximum atomic E-state index is 12.6. The van der Waals surface area contributed by atoms with E-state index >= 15 is 0 Å². The summed E-state index contributed by atoms with van der Waals surface area (Å²) in [5.41, 5.74) is 0.921. The fourth-order valence-electron chi connectivity index (χ4n) is 1.85. The van der Waals surface area contributed by atoms with Crippen molar-refractivity contribution in [3.63, 3.8) is 0 Å². The van der Waals surface area contributed by atoms with Gasteiger partial charge in [0, 0.05) is 32.2 Å². The lowest BCUT2D eigenvalue weighted by Gasteiger charge is -2.20. The van der Waals surface area contributed by atoms with Gasteiger partial charge in [0.2, 0.25) is 10.0 Å². The van der Waals surface area contributed by atoms with E-state index in [0.29, 0.717) is 6.54 Å². The molecule has 2 rings (SSSR count). The van der Waals surface area contributed by atoms with Gasteiger partial charge in [-0.2, -0.15) is 9.40 Å². The van der Waals surface area contributed by atoms with Crippen LogP contribution in [0.15, 0.2) is 47.6 Å². The zero-order valence-electron chi connectivity index (χ0n) is 11.1. The Hall–Kier alpha value is -1.37. The number of nitrogens with zero attached hydrogens (tertiary/aromatic N) is 3. The molecule has 0 fully saturated rings. The van der Waals surface area contributed by atoms with Crippen molar-refractivity contribution in [2.24, 2.45) is 7.05 Å². The van der Waals surface area contributed by atoms with Crippen LogP contribution in [0.4, 0.5) is 0 Å². The molecule has 7 heteroatoms. The van der Waals surface area contributed by atoms with Gasteiger partial charge < -0.3 is 0 Å². The first-order valence-corrected chi connectivity index (χ1v) is 8.10. The molecule has 0 spiro atoms. The van der Waals surface area contributed by atoms with Gasteiger partial charge in [-0.15, -0.1) is 11.6 Å². The van der Waals surface area contributed by atoms with E-state index in [1.807, 2.05) is 30.3 Å². The second-order valence-corrected chi connectivity index (χ2v) is 6.68. The molecule has 1 aromatic heterocycles. The standard InChI is InChI=1S/C13H16ClN3O2S/c1-16-11-13(9-15-16)20(18,19)17(8-7-14)10-12-5-3-2-4-6-12/h2-6,9,11H,7-8,10H2,1H3. The lowest BCUT2D eigenvalue weighted by molar-refractivity contribution is 0.425. The van der Waals surface area contributed by atoms with Crippen LogP contribution >= 0.6 is 11.6 Å². The summed E-state index contributed by atoms with van der Waals surface area (Å²) in [5.74, 6) is 0.242. The van der Waals surface area contributed by atoms with Crippen LogP contribution in [0.2, 0.25) is 0 Å². The summed E-state index contributed by atoms with van der Waals surface area (Å²) in [6.07, 6.45) is 2.84. The van der Waals surface area contributed by atoms with Crippen molar-refractivity contribution >= 4 is 21.6 Å². The summed E-state index contributed by atoms with van der Waals surface area (Å²) in [6.45, 7) is 0.554. The van der Waals surface area contributed by atoms with Crippen LogP contribution in [-0.4, -0.2) is 34.9 Å². The number of hydrogen-bond donors (Lipinski definition) is 0. The van der Waals surface area contributed by atoms with Gasteiger partial charge in [0.05, 0.1) is 6.20 Å². The molecular formula is C13H16ClN3O2S. The van der Waals surface area contributed by atoms with E-state index in [1.165, 1.54) is 21.4 Å². The first-order valence-electron chi connectivity index (χ1n) is 6.12. The first-order chi connectivity index (χ1) is 9.54. The highest BCUT2D eigenvalue weighted by Gasteiger charge is 2.25. The minimum Gasteiger partial charge on any atom is -0.274 e. The van der Waals surface area contributed by atoms with Crippen molar-refractivity contribution < 1.29 is 8.42 Å². The second kappa shape index (κ2) is 6.39. The maximum absolute atomic E-state index is 12.6. The van der Waals surface area contributed by atoms with Gasteiger partial charge in [0.1, 0.15) is 4.90 Å². The maximum Gasteiger partial charge on any atom is 0.246 e. The minimum absolute atomic E-state index is 0.182. The Balaban J connectivity index is 2.28. The number of halogens is 1. The molecule has 5 nitrogen and oxygen atoms in total. The third kappa shape index (κ3) is 3.39. The summed E-state index contributed by atoms with van der Waals surface area (Å²) < 4.78 is 27.9. The van der Waals surface area contributed by atoms with Crippen LogP contribution in [-0.2, 0) is 23.6 Å². The van der Waals surface area contributed by atoms with Crippen molar-refractivity contribution in [3.05, 3.63) is 48.3 Å². The van der Waals surface area contributed by atoms with E-state index < -0.39 is 10.0 Å². The Kier molecular flexibility index (Phi) is 4.80. The third-order valence-corrected chi connectivity index (χ3v) is 4.82. The molecule has 0 saturated heterocycles. The Morgan fingerprint density at radius 3 is 2.55 bits per heavy atom. The quantitative estimate of drug-likeness (QED) is 0.765. The van der Waals surface area contributed by atoms with Crippen LogP contribution in [0.5, 0.6) is 0 Å². The number of rotatable bonds is 6. The zero-order valence-corrected chi connectivity index (χ0v) is 12.7. The Labute approximate surface area is 123 Å². The largest absolute Gasteiger partial charge is 0.274 e. The van der Waals surface area contributed by atoms with E-state index in [1.54, 1.807) is 7.05 Å². The summed E-state index contributed by atoms with van der Waals surface area (Å²) in [7, 11) is -1.89. The molecule has 1 heterocycles. The van der Waals surface area contributed by atoms with E-state index in [4.69, 9.17) is 11.6 Å². The van der Waals surface area contributed by atoms with Crippen LogP contribution in [0.3, 0.4) is 0 Å². The van der Waals surface area contributed by atoms with Crippen LogP contribution in [0.1, 0.15) is 5.56 Å². The van der Waals surface area contributed by atoms with E-state index in [9.17, 15) is 8.42 Å². The van der Waals surface area contributed by atoms with E-state index in [-0.39, 0.29) is 17.3 Å². The summed E-state index contributed by atoms with van der Waals surface area (Å²) >= 11 is 5.73. The number of aromatic nitrogens is 2. The molecule has 0 radical (unpaired) electrons. The minimum atomic E-state index is -3.58. The van der Waals surface area contributed by atoms with Gasteiger partial charge in [0.25, 0.3) is 0 Å². The average Bonchev–Trinajstić information content (AvgIpc) is 2.87. The molecule has 0 bridgehead atoms. The normalized spacial score (nSPS) is 11.9. The SMILES string of the molecule is Cn1cc(S(=O)(=O)N(CCCl)Cc2ccccc2)cn1. The Morgan fingerprint density at radius 1 is 1.30 bits per heavy atom. The van der Waals surface area contributed by atoms with Crippen molar-refractivity contribution in [1.82, 2.24) is 14.1 Å². The van der Waals surface area contributed by atoms with Crippen LogP contribution in [0.25, 0.3) is 0 Å². The van der Waals surface area contributed by atoms with Crippen molar-refractivity contribution in [2.45, 2.75) is 11.4 Å². The molecule has 0 aliphatic rings. The van der Waals surface area contributed by atoms with Crippen LogP contribution in [0, 0.1) is 0 Å². The van der Waals surface area contributed by atoms with Gasteiger partial charge >= 0.3 is 0 Å². The molecule has 0 aliphatic carbocycles. The van der Waals surface area contributed by atoms with Gasteiger partial charge in [-0.1, -0.05) is 30.3 Å². The van der Waals surface area contributed by atoms with E-state index in [0.717, 1.165) is 5.56 Å². The summed E-state index contributed by atoms with van der Waals surface area (Å²) in [5, 5.41) is 3.91. The molecule has 2 aromatic rings. The predicted molar refractivity (Wildman–Crippen MR) is 78.0 cm³/mol. The molecular weight excluding hydrogens is 298 g/mol. The smallest absolute Gasteiger partial charge is 0.246 e. The predicted octanol–water partition coefficient (Wildman–Crippen LogP) is 1.85. The zero-order chi connectivity index (χ0) is 14.6.